The molecule has 0 spiro atoms. The van der Waals surface area contributed by atoms with Crippen molar-refractivity contribution in [3.8, 4) is 0 Å². The topological polar surface area (TPSA) is 122 Å². The highest BCUT2D eigenvalue weighted by molar-refractivity contribution is 7.09. The number of thiazole rings is 1. The summed E-state index contributed by atoms with van der Waals surface area (Å²) in [5.41, 5.74) is 0.104. The predicted molar refractivity (Wildman–Crippen MR) is 73.3 cm³/mol. The second-order valence-corrected chi connectivity index (χ2v) is 4.86. The number of carboxylic acid groups (broad SMARTS) is 1. The van der Waals surface area contributed by atoms with Crippen molar-refractivity contribution in [2.45, 2.75) is 6.54 Å². The lowest BCUT2D eigenvalue weighted by Crippen LogP contribution is -2.22. The molecule has 0 aliphatic heterocycles. The summed E-state index contributed by atoms with van der Waals surface area (Å²) in [5.74, 6) is -1.55. The molecule has 2 rings (SSSR count). The van der Waals surface area contributed by atoms with Gasteiger partial charge >= 0.3 is 5.97 Å². The number of carboxylic acids is 1. The number of nitrogens with zero attached hydrogens (tertiary/aromatic N) is 2. The average Bonchev–Trinajstić information content (AvgIpc) is 2.94. The van der Waals surface area contributed by atoms with Gasteiger partial charge < -0.3 is 10.4 Å². The van der Waals surface area contributed by atoms with Crippen LogP contribution in [0.15, 0.2) is 29.6 Å². The molecule has 0 unspecified atom stereocenters. The number of aromatic nitrogens is 1. The zero-order valence-electron chi connectivity index (χ0n) is 10.5. The molecule has 0 saturated carbocycles. The highest BCUT2D eigenvalue weighted by atomic mass is 32.1. The SMILES string of the molecule is O=C(NCc1nc(C(=O)O)cs1)c1ccc([N+](=O)[O-])cc1. The summed E-state index contributed by atoms with van der Waals surface area (Å²) in [6, 6.07) is 5.16. The maximum Gasteiger partial charge on any atom is 0.355 e. The number of hydrogen-bond acceptors (Lipinski definition) is 6. The predicted octanol–water partition coefficient (Wildman–Crippen LogP) is 1.68. The molecule has 0 aliphatic carbocycles. The first-order valence-corrected chi connectivity index (χ1v) is 6.55. The molecule has 0 fully saturated rings. The zero-order valence-corrected chi connectivity index (χ0v) is 11.3. The van der Waals surface area contributed by atoms with Gasteiger partial charge in [0.25, 0.3) is 11.6 Å². The summed E-state index contributed by atoms with van der Waals surface area (Å²) in [5, 5.41) is 23.6. The van der Waals surface area contributed by atoms with Crippen LogP contribution in [0.5, 0.6) is 0 Å². The standard InChI is InChI=1S/C12H9N3O5S/c16-11(7-1-3-8(4-2-7)15(19)20)13-5-10-14-9(6-21-10)12(17)18/h1-4,6H,5H2,(H,13,16)(H,17,18). The Bertz CT molecular complexity index is 695. The molecular formula is C12H9N3O5S. The van der Waals surface area contributed by atoms with Crippen LogP contribution in [0.2, 0.25) is 0 Å². The Morgan fingerprint density at radius 1 is 1.33 bits per heavy atom. The fourth-order valence-electron chi connectivity index (χ4n) is 1.48. The van der Waals surface area contributed by atoms with Crippen molar-refractivity contribution in [2.75, 3.05) is 0 Å². The van der Waals surface area contributed by atoms with Gasteiger partial charge in [0.1, 0.15) is 5.01 Å². The van der Waals surface area contributed by atoms with E-state index in [-0.39, 0.29) is 23.5 Å². The van der Waals surface area contributed by atoms with Crippen LogP contribution in [0.25, 0.3) is 0 Å². The van der Waals surface area contributed by atoms with Crippen molar-refractivity contribution in [3.63, 3.8) is 0 Å². The number of benzene rings is 1. The van der Waals surface area contributed by atoms with Crippen LogP contribution in [-0.2, 0) is 6.54 Å². The number of non-ortho nitro benzene ring substituents is 1. The maximum atomic E-state index is 11.8. The van der Waals surface area contributed by atoms with E-state index in [2.05, 4.69) is 10.3 Å². The van der Waals surface area contributed by atoms with Gasteiger partial charge in [-0.2, -0.15) is 0 Å². The summed E-state index contributed by atoms with van der Waals surface area (Å²) in [6.07, 6.45) is 0. The summed E-state index contributed by atoms with van der Waals surface area (Å²) in [4.78, 5) is 36.3. The van der Waals surface area contributed by atoms with Gasteiger partial charge in [-0.05, 0) is 12.1 Å². The summed E-state index contributed by atoms with van der Waals surface area (Å²) < 4.78 is 0. The molecule has 0 atom stereocenters. The molecule has 0 radical (unpaired) electrons. The summed E-state index contributed by atoms with van der Waals surface area (Å²) in [6.45, 7) is 0.0910. The molecule has 9 heteroatoms. The van der Waals surface area contributed by atoms with Crippen molar-refractivity contribution in [1.82, 2.24) is 10.3 Å². The van der Waals surface area contributed by atoms with Crippen LogP contribution in [0.4, 0.5) is 5.69 Å². The highest BCUT2D eigenvalue weighted by Gasteiger charge is 2.11. The van der Waals surface area contributed by atoms with Crippen molar-refractivity contribution < 1.29 is 19.6 Å². The third-order valence-corrected chi connectivity index (χ3v) is 3.36. The molecule has 108 valence electrons. The Balaban J connectivity index is 1.97. The monoisotopic (exact) mass is 307 g/mol. The van der Waals surface area contributed by atoms with E-state index in [1.165, 1.54) is 29.6 Å². The number of carbonyl (C=O) groups excluding carboxylic acids is 1. The van der Waals surface area contributed by atoms with Gasteiger partial charge in [-0.1, -0.05) is 0 Å². The van der Waals surface area contributed by atoms with Gasteiger partial charge in [-0.25, -0.2) is 9.78 Å². The zero-order chi connectivity index (χ0) is 15.4. The van der Waals surface area contributed by atoms with Crippen LogP contribution in [0.1, 0.15) is 25.9 Å². The summed E-state index contributed by atoms with van der Waals surface area (Å²) >= 11 is 1.13. The normalized spacial score (nSPS) is 10.1. The molecule has 0 aliphatic rings. The fraction of sp³-hybridized carbons (Fsp3) is 0.0833. The number of hydrogen-bond donors (Lipinski definition) is 2. The smallest absolute Gasteiger partial charge is 0.355 e. The lowest BCUT2D eigenvalue weighted by molar-refractivity contribution is -0.384. The van der Waals surface area contributed by atoms with Gasteiger partial charge in [0, 0.05) is 23.1 Å². The number of carbonyl (C=O) groups is 2. The van der Waals surface area contributed by atoms with E-state index >= 15 is 0 Å². The number of aromatic carboxylic acids is 1. The van der Waals surface area contributed by atoms with Crippen LogP contribution < -0.4 is 5.32 Å². The number of nitrogens with one attached hydrogen (secondary N) is 1. The van der Waals surface area contributed by atoms with Crippen molar-refractivity contribution in [3.05, 3.63) is 56.0 Å². The molecule has 0 saturated heterocycles. The Morgan fingerprint density at radius 2 is 2.00 bits per heavy atom. The molecule has 0 bridgehead atoms. The number of nitro groups is 1. The van der Waals surface area contributed by atoms with E-state index in [0.717, 1.165) is 11.3 Å². The Hall–Kier alpha value is -2.81. The van der Waals surface area contributed by atoms with Gasteiger partial charge in [0.05, 0.1) is 11.5 Å². The number of amides is 1. The highest BCUT2D eigenvalue weighted by Crippen LogP contribution is 2.13. The quantitative estimate of drug-likeness (QED) is 0.640. The lowest BCUT2D eigenvalue weighted by atomic mass is 10.2. The Labute approximate surface area is 122 Å². The van der Waals surface area contributed by atoms with Gasteiger partial charge in [-0.15, -0.1) is 11.3 Å². The van der Waals surface area contributed by atoms with E-state index in [1.54, 1.807) is 0 Å². The number of nitro benzene ring substituents is 1. The van der Waals surface area contributed by atoms with E-state index < -0.39 is 16.8 Å². The van der Waals surface area contributed by atoms with E-state index in [0.29, 0.717) is 5.01 Å². The third kappa shape index (κ3) is 3.60. The molecule has 8 nitrogen and oxygen atoms in total. The minimum Gasteiger partial charge on any atom is -0.476 e. The largest absolute Gasteiger partial charge is 0.476 e. The van der Waals surface area contributed by atoms with Gasteiger partial charge in [-0.3, -0.25) is 14.9 Å². The summed E-state index contributed by atoms with van der Waals surface area (Å²) in [7, 11) is 0. The average molecular weight is 307 g/mol. The molecule has 21 heavy (non-hydrogen) atoms. The molecule has 1 aromatic carbocycles. The Morgan fingerprint density at radius 3 is 2.52 bits per heavy atom. The first kappa shape index (κ1) is 14.6. The molecule has 1 amide bonds. The minimum absolute atomic E-state index is 0.0698. The van der Waals surface area contributed by atoms with Crippen molar-refractivity contribution >= 4 is 28.9 Å². The first-order valence-electron chi connectivity index (χ1n) is 5.67. The molecule has 2 aromatic rings. The lowest BCUT2D eigenvalue weighted by Gasteiger charge is -2.02. The van der Waals surface area contributed by atoms with Gasteiger partial charge in [0.15, 0.2) is 5.69 Å². The molecule has 1 aromatic heterocycles. The third-order valence-electron chi connectivity index (χ3n) is 2.51. The van der Waals surface area contributed by atoms with E-state index in [9.17, 15) is 19.7 Å². The molecule has 1 heterocycles. The number of rotatable bonds is 5. The van der Waals surface area contributed by atoms with Crippen LogP contribution in [0.3, 0.4) is 0 Å². The van der Waals surface area contributed by atoms with Crippen molar-refractivity contribution in [1.29, 1.82) is 0 Å². The maximum absolute atomic E-state index is 11.8. The fourth-order valence-corrected chi connectivity index (χ4v) is 2.19. The molecular weight excluding hydrogens is 298 g/mol. The van der Waals surface area contributed by atoms with Crippen LogP contribution >= 0.6 is 11.3 Å². The van der Waals surface area contributed by atoms with E-state index in [4.69, 9.17) is 5.11 Å². The second-order valence-electron chi connectivity index (χ2n) is 3.92. The van der Waals surface area contributed by atoms with Crippen molar-refractivity contribution in [2.24, 2.45) is 0 Å². The molecule has 2 N–H and O–H groups in total. The van der Waals surface area contributed by atoms with E-state index in [1.807, 2.05) is 0 Å². The Kier molecular flexibility index (Phi) is 4.24. The minimum atomic E-state index is -1.13. The van der Waals surface area contributed by atoms with Crippen LogP contribution in [-0.4, -0.2) is 26.9 Å². The first-order chi connectivity index (χ1) is 9.97. The second kappa shape index (κ2) is 6.09. The van der Waals surface area contributed by atoms with Gasteiger partial charge in [0.2, 0.25) is 0 Å². The van der Waals surface area contributed by atoms with Crippen LogP contribution in [0, 0.1) is 10.1 Å².